The van der Waals surface area contributed by atoms with Crippen LogP contribution in [0.2, 0.25) is 39.3 Å². The molecule has 0 saturated heterocycles. The van der Waals surface area contributed by atoms with Crippen LogP contribution in [-0.4, -0.2) is 21.1 Å². The lowest BCUT2D eigenvalue weighted by Crippen LogP contribution is -2.36. The zero-order chi connectivity index (χ0) is 11.0. The molecule has 0 saturated carbocycles. The van der Waals surface area contributed by atoms with Crippen LogP contribution in [0.25, 0.3) is 0 Å². The highest BCUT2D eigenvalue weighted by Gasteiger charge is 2.40. The fourth-order valence-electron chi connectivity index (χ4n) is 2.49. The van der Waals surface area contributed by atoms with Crippen molar-refractivity contribution < 1.29 is 0 Å². The van der Waals surface area contributed by atoms with Gasteiger partial charge in [-0.2, -0.15) is 0 Å². The molecule has 0 aromatic rings. The molecule has 14 heavy (non-hydrogen) atoms. The Morgan fingerprint density at radius 2 is 1.14 bits per heavy atom. The Hall–Kier alpha value is 0.344. The van der Waals surface area contributed by atoms with Crippen LogP contribution >= 0.6 is 7.02 Å². The molecule has 0 aromatic carbocycles. The standard InChI is InChI=1S/C11H23PSi2/c1-13(2,3)12(14(4,5)6)11-9-7-8-10-11/h7-11H,1-6H3. The summed E-state index contributed by atoms with van der Waals surface area (Å²) in [5, 5.41) is 0. The topological polar surface area (TPSA) is 0 Å². The highest BCUT2D eigenvalue weighted by Crippen LogP contribution is 2.59. The summed E-state index contributed by atoms with van der Waals surface area (Å²) in [7, 11) is -1.67. The molecule has 1 aliphatic carbocycles. The van der Waals surface area contributed by atoms with Crippen LogP contribution in [-0.2, 0) is 0 Å². The zero-order valence-electron chi connectivity index (χ0n) is 10.3. The number of hydrogen-bond donors (Lipinski definition) is 0. The van der Waals surface area contributed by atoms with Gasteiger partial charge in [0.15, 0.2) is 0 Å². The summed E-state index contributed by atoms with van der Waals surface area (Å²) in [6, 6.07) is 0. The minimum Gasteiger partial charge on any atom is -0.119 e. The highest BCUT2D eigenvalue weighted by molar-refractivity contribution is 8.18. The second-order valence-electron chi connectivity index (χ2n) is 5.97. The van der Waals surface area contributed by atoms with Crippen molar-refractivity contribution in [1.82, 2.24) is 0 Å². The molecule has 0 aliphatic heterocycles. The van der Waals surface area contributed by atoms with E-state index in [9.17, 15) is 0 Å². The first-order valence-electron chi connectivity index (χ1n) is 5.37. The summed E-state index contributed by atoms with van der Waals surface area (Å²) in [5.74, 6) is 0. The summed E-state index contributed by atoms with van der Waals surface area (Å²) in [6.45, 7) is 15.3. The molecule has 0 heterocycles. The van der Waals surface area contributed by atoms with Gasteiger partial charge in [0.1, 0.15) is 0 Å². The molecule has 0 spiro atoms. The summed E-state index contributed by atoms with van der Waals surface area (Å²) in [4.78, 5) is 0. The molecule has 3 heteroatoms. The van der Waals surface area contributed by atoms with Crippen molar-refractivity contribution in [3.63, 3.8) is 0 Å². The van der Waals surface area contributed by atoms with E-state index in [-0.39, 0.29) is 7.02 Å². The van der Waals surface area contributed by atoms with Crippen molar-refractivity contribution in [1.29, 1.82) is 0 Å². The van der Waals surface area contributed by atoms with Gasteiger partial charge in [0.05, 0.1) is 15.5 Å². The smallest absolute Gasteiger partial charge is 0.0690 e. The molecule has 1 rings (SSSR count). The molecule has 0 unspecified atom stereocenters. The zero-order valence-corrected chi connectivity index (χ0v) is 13.2. The van der Waals surface area contributed by atoms with Crippen molar-refractivity contribution in [3.05, 3.63) is 24.3 Å². The van der Waals surface area contributed by atoms with Gasteiger partial charge in [-0.3, -0.25) is 0 Å². The van der Waals surface area contributed by atoms with Crippen molar-refractivity contribution in [3.8, 4) is 0 Å². The van der Waals surface area contributed by atoms with Gasteiger partial charge in [-0.05, 0) is 0 Å². The maximum Gasteiger partial charge on any atom is 0.0690 e. The SMILES string of the molecule is C[Si](C)(C)P(C1C=CC=C1)[Si](C)(C)C. The third-order valence-electron chi connectivity index (χ3n) is 2.47. The average molecular weight is 242 g/mol. The van der Waals surface area contributed by atoms with Gasteiger partial charge in [-0.1, -0.05) is 63.6 Å². The van der Waals surface area contributed by atoms with Gasteiger partial charge < -0.3 is 0 Å². The van der Waals surface area contributed by atoms with Crippen LogP contribution in [0.1, 0.15) is 0 Å². The molecule has 80 valence electrons. The van der Waals surface area contributed by atoms with Crippen molar-refractivity contribution in [2.75, 3.05) is 0 Å². The first kappa shape index (κ1) is 12.4. The molecule has 0 amide bonds. The van der Waals surface area contributed by atoms with Crippen LogP contribution in [0.3, 0.4) is 0 Å². The molecule has 0 radical (unpaired) electrons. The van der Waals surface area contributed by atoms with E-state index < -0.39 is 15.5 Å². The Labute approximate surface area is 92.0 Å². The second kappa shape index (κ2) is 4.07. The number of allylic oxidation sites excluding steroid dienone is 4. The van der Waals surface area contributed by atoms with E-state index >= 15 is 0 Å². The monoisotopic (exact) mass is 242 g/mol. The van der Waals surface area contributed by atoms with Crippen LogP contribution in [0.15, 0.2) is 24.3 Å². The molecule has 0 aromatic heterocycles. The van der Waals surface area contributed by atoms with Crippen LogP contribution in [0, 0.1) is 0 Å². The third-order valence-corrected chi connectivity index (χ3v) is 28.8. The molecular weight excluding hydrogens is 219 g/mol. The van der Waals surface area contributed by atoms with Crippen LogP contribution < -0.4 is 0 Å². The maximum absolute atomic E-state index is 2.55. The van der Waals surface area contributed by atoms with E-state index in [1.165, 1.54) is 0 Å². The fourth-order valence-corrected chi connectivity index (χ4v) is 37.4. The molecule has 0 N–H and O–H groups in total. The molecule has 1 aliphatic rings. The highest BCUT2D eigenvalue weighted by atomic mass is 31.6. The molecule has 0 atom stereocenters. The van der Waals surface area contributed by atoms with E-state index in [2.05, 4.69) is 63.6 Å². The van der Waals surface area contributed by atoms with E-state index in [1.54, 1.807) is 0 Å². The Balaban J connectivity index is 2.94. The first-order valence-corrected chi connectivity index (χ1v) is 15.5. The van der Waals surface area contributed by atoms with Crippen molar-refractivity contribution >= 4 is 22.5 Å². The van der Waals surface area contributed by atoms with Crippen LogP contribution in [0.5, 0.6) is 0 Å². The normalized spacial score (nSPS) is 18.5. The van der Waals surface area contributed by atoms with E-state index in [0.717, 1.165) is 5.66 Å². The molecule has 0 nitrogen and oxygen atoms in total. The fraction of sp³-hybridized carbons (Fsp3) is 0.636. The van der Waals surface area contributed by atoms with Gasteiger partial charge in [0.25, 0.3) is 0 Å². The molecule has 0 bridgehead atoms. The first-order chi connectivity index (χ1) is 6.23. The van der Waals surface area contributed by atoms with Crippen LogP contribution in [0.4, 0.5) is 0 Å². The lowest BCUT2D eigenvalue weighted by atomic mass is 10.5. The summed E-state index contributed by atoms with van der Waals surface area (Å²) >= 11 is 0. The minimum atomic E-state index is -0.963. The van der Waals surface area contributed by atoms with E-state index in [1.807, 2.05) is 0 Å². The summed E-state index contributed by atoms with van der Waals surface area (Å²) < 4.78 is 0. The van der Waals surface area contributed by atoms with Gasteiger partial charge in [0, 0.05) is 5.66 Å². The van der Waals surface area contributed by atoms with Gasteiger partial charge in [-0.25, -0.2) is 0 Å². The Bertz CT molecular complexity index is 229. The quantitative estimate of drug-likeness (QED) is 0.500. The minimum absolute atomic E-state index is 0.260. The Morgan fingerprint density at radius 3 is 1.43 bits per heavy atom. The Morgan fingerprint density at radius 1 is 0.786 bits per heavy atom. The van der Waals surface area contributed by atoms with Gasteiger partial charge >= 0.3 is 0 Å². The second-order valence-corrected chi connectivity index (χ2v) is 28.3. The molecule has 0 fully saturated rings. The van der Waals surface area contributed by atoms with Crippen molar-refractivity contribution in [2.24, 2.45) is 0 Å². The van der Waals surface area contributed by atoms with Gasteiger partial charge in [-0.15, -0.1) is 7.02 Å². The van der Waals surface area contributed by atoms with Gasteiger partial charge in [0.2, 0.25) is 0 Å². The number of rotatable bonds is 3. The van der Waals surface area contributed by atoms with E-state index in [4.69, 9.17) is 0 Å². The lowest BCUT2D eigenvalue weighted by Gasteiger charge is -2.42. The largest absolute Gasteiger partial charge is 0.119 e. The Kier molecular flexibility index (Phi) is 3.61. The maximum atomic E-state index is 2.55. The van der Waals surface area contributed by atoms with E-state index in [0.29, 0.717) is 0 Å². The lowest BCUT2D eigenvalue weighted by molar-refractivity contribution is 1.45. The summed E-state index contributed by atoms with van der Waals surface area (Å²) in [5.41, 5.74) is 0.809. The predicted octanol–water partition coefficient (Wildman–Crippen LogP) is 4.63. The molecular formula is C11H23PSi2. The number of hydrogen-bond acceptors (Lipinski definition) is 0. The van der Waals surface area contributed by atoms with Crippen molar-refractivity contribution in [2.45, 2.75) is 44.9 Å². The summed E-state index contributed by atoms with van der Waals surface area (Å²) in [6.07, 6.45) is 9.34. The average Bonchev–Trinajstić information content (AvgIpc) is 2.31. The third kappa shape index (κ3) is 2.91. The predicted molar refractivity (Wildman–Crippen MR) is 75.7 cm³/mol.